The van der Waals surface area contributed by atoms with Crippen LogP contribution in [0.25, 0.3) is 11.4 Å². The van der Waals surface area contributed by atoms with Crippen molar-refractivity contribution < 1.29 is 14.0 Å². The van der Waals surface area contributed by atoms with E-state index in [-0.39, 0.29) is 29.6 Å². The van der Waals surface area contributed by atoms with Crippen molar-refractivity contribution in [2.75, 3.05) is 0 Å². The van der Waals surface area contributed by atoms with E-state index in [1.54, 1.807) is 6.92 Å². The first-order valence-corrected chi connectivity index (χ1v) is 4.64. The number of phenols is 1. The predicted octanol–water partition coefficient (Wildman–Crippen LogP) is 1.35. The molecule has 0 unspecified atom stereocenters. The van der Waals surface area contributed by atoms with Gasteiger partial charge in [-0.05, 0) is 18.6 Å². The smallest absolute Gasteiger partial charge is 0.240 e. The van der Waals surface area contributed by atoms with Crippen LogP contribution in [0.3, 0.4) is 0 Å². The summed E-state index contributed by atoms with van der Waals surface area (Å²) in [6.45, 7) is 1.73. The fourth-order valence-corrected chi connectivity index (χ4v) is 1.32. The minimum Gasteiger partial charge on any atom is -0.507 e. The highest BCUT2D eigenvalue weighted by molar-refractivity contribution is 5.66. The highest BCUT2D eigenvalue weighted by Gasteiger charge is 2.18. The van der Waals surface area contributed by atoms with Gasteiger partial charge in [-0.2, -0.15) is 4.98 Å². The first kappa shape index (κ1) is 10.6. The number of benzene rings is 1. The van der Waals surface area contributed by atoms with Crippen molar-refractivity contribution in [3.63, 3.8) is 0 Å². The molecule has 0 fully saturated rings. The van der Waals surface area contributed by atoms with E-state index in [2.05, 4.69) is 10.1 Å². The Balaban J connectivity index is 2.58. The predicted molar refractivity (Wildman–Crippen MR) is 54.0 cm³/mol. The Morgan fingerprint density at radius 3 is 2.88 bits per heavy atom. The van der Waals surface area contributed by atoms with Crippen molar-refractivity contribution in [2.45, 2.75) is 13.5 Å². The van der Waals surface area contributed by atoms with Crippen molar-refractivity contribution in [2.24, 2.45) is 5.73 Å². The second kappa shape index (κ2) is 3.90. The van der Waals surface area contributed by atoms with Crippen molar-refractivity contribution in [3.05, 3.63) is 29.4 Å². The fraction of sp³-hybridized carbons (Fsp3) is 0.200. The maximum Gasteiger partial charge on any atom is 0.240 e. The molecule has 6 heteroatoms. The number of aryl methyl sites for hydroxylation is 1. The van der Waals surface area contributed by atoms with Gasteiger partial charge in [0.25, 0.3) is 0 Å². The zero-order chi connectivity index (χ0) is 11.7. The molecule has 16 heavy (non-hydrogen) atoms. The van der Waals surface area contributed by atoms with E-state index in [4.69, 9.17) is 10.3 Å². The molecule has 0 atom stereocenters. The molecule has 2 aromatic rings. The summed E-state index contributed by atoms with van der Waals surface area (Å²) in [6.07, 6.45) is 0. The third-order valence-corrected chi connectivity index (χ3v) is 2.20. The monoisotopic (exact) mass is 223 g/mol. The number of nitrogens with two attached hydrogens (primary N) is 1. The lowest BCUT2D eigenvalue weighted by Gasteiger charge is -2.03. The van der Waals surface area contributed by atoms with E-state index in [0.29, 0.717) is 5.56 Å². The standard InChI is InChI=1S/C10H10FN3O2/c1-5-2-3-6(11)8(9(5)15)10-13-7(4-12)16-14-10/h2-3,15H,4,12H2,1H3. The molecule has 0 saturated carbocycles. The van der Waals surface area contributed by atoms with Crippen molar-refractivity contribution in [1.82, 2.24) is 10.1 Å². The summed E-state index contributed by atoms with van der Waals surface area (Å²) in [5.41, 5.74) is 5.77. The average molecular weight is 223 g/mol. The molecule has 3 N–H and O–H groups in total. The maximum atomic E-state index is 13.5. The normalized spacial score (nSPS) is 10.7. The van der Waals surface area contributed by atoms with Gasteiger partial charge in [-0.3, -0.25) is 0 Å². The van der Waals surface area contributed by atoms with Crippen LogP contribution < -0.4 is 5.73 Å². The molecular formula is C10H10FN3O2. The van der Waals surface area contributed by atoms with Crippen LogP contribution >= 0.6 is 0 Å². The highest BCUT2D eigenvalue weighted by Crippen LogP contribution is 2.32. The molecule has 0 radical (unpaired) electrons. The van der Waals surface area contributed by atoms with Gasteiger partial charge in [0.2, 0.25) is 11.7 Å². The van der Waals surface area contributed by atoms with Crippen molar-refractivity contribution in [3.8, 4) is 17.1 Å². The number of phenolic OH excluding ortho intramolecular Hbond substituents is 1. The van der Waals surface area contributed by atoms with Gasteiger partial charge in [-0.1, -0.05) is 11.2 Å². The zero-order valence-corrected chi connectivity index (χ0v) is 8.57. The Hall–Kier alpha value is -1.95. The molecule has 5 nitrogen and oxygen atoms in total. The Labute approximate surface area is 90.7 Å². The number of rotatable bonds is 2. The van der Waals surface area contributed by atoms with Gasteiger partial charge in [-0.15, -0.1) is 0 Å². The van der Waals surface area contributed by atoms with Crippen LogP contribution in [0, 0.1) is 12.7 Å². The van der Waals surface area contributed by atoms with Crippen molar-refractivity contribution >= 4 is 0 Å². The van der Waals surface area contributed by atoms with Gasteiger partial charge in [-0.25, -0.2) is 4.39 Å². The summed E-state index contributed by atoms with van der Waals surface area (Å²) >= 11 is 0. The van der Waals surface area contributed by atoms with E-state index in [9.17, 15) is 9.50 Å². The van der Waals surface area contributed by atoms with E-state index >= 15 is 0 Å². The molecule has 0 aliphatic carbocycles. The lowest BCUT2D eigenvalue weighted by molar-refractivity contribution is 0.380. The SMILES string of the molecule is Cc1ccc(F)c(-c2noc(CN)n2)c1O. The van der Waals surface area contributed by atoms with Crippen LogP contribution in [-0.2, 0) is 6.54 Å². The van der Waals surface area contributed by atoms with Gasteiger partial charge in [0, 0.05) is 0 Å². The third-order valence-electron chi connectivity index (χ3n) is 2.20. The number of hydrogen-bond donors (Lipinski definition) is 2. The van der Waals surface area contributed by atoms with Crippen LogP contribution in [0.5, 0.6) is 5.75 Å². The average Bonchev–Trinajstić information content (AvgIpc) is 2.73. The first-order valence-electron chi connectivity index (χ1n) is 4.64. The van der Waals surface area contributed by atoms with Crippen LogP contribution in [-0.4, -0.2) is 15.2 Å². The Morgan fingerprint density at radius 1 is 1.50 bits per heavy atom. The number of hydrogen-bond acceptors (Lipinski definition) is 5. The number of nitrogens with zero attached hydrogens (tertiary/aromatic N) is 2. The van der Waals surface area contributed by atoms with Gasteiger partial charge in [0.1, 0.15) is 17.1 Å². The molecule has 84 valence electrons. The molecule has 2 rings (SSSR count). The zero-order valence-electron chi connectivity index (χ0n) is 8.57. The van der Waals surface area contributed by atoms with Crippen LogP contribution in [0.15, 0.2) is 16.7 Å². The van der Waals surface area contributed by atoms with Crippen LogP contribution in [0.4, 0.5) is 4.39 Å². The summed E-state index contributed by atoms with van der Waals surface area (Å²) in [5, 5.41) is 13.3. The molecule has 0 bridgehead atoms. The van der Waals surface area contributed by atoms with E-state index in [0.717, 1.165) is 0 Å². The Kier molecular flexibility index (Phi) is 2.57. The molecule has 0 amide bonds. The largest absolute Gasteiger partial charge is 0.507 e. The number of halogens is 1. The summed E-state index contributed by atoms with van der Waals surface area (Å²) < 4.78 is 18.3. The highest BCUT2D eigenvalue weighted by atomic mass is 19.1. The Bertz CT molecular complexity index is 525. The molecule has 0 saturated heterocycles. The lowest BCUT2D eigenvalue weighted by Crippen LogP contribution is -1.96. The molecule has 1 heterocycles. The summed E-state index contributed by atoms with van der Waals surface area (Å²) in [4.78, 5) is 3.86. The molecular weight excluding hydrogens is 213 g/mol. The molecule has 1 aromatic carbocycles. The quantitative estimate of drug-likeness (QED) is 0.802. The van der Waals surface area contributed by atoms with Gasteiger partial charge in [0.05, 0.1) is 6.54 Å². The van der Waals surface area contributed by atoms with Crippen molar-refractivity contribution in [1.29, 1.82) is 0 Å². The molecule has 0 aliphatic rings. The van der Waals surface area contributed by atoms with Gasteiger partial charge >= 0.3 is 0 Å². The first-order chi connectivity index (χ1) is 7.63. The summed E-state index contributed by atoms with van der Waals surface area (Å²) in [7, 11) is 0. The van der Waals surface area contributed by atoms with Gasteiger partial charge < -0.3 is 15.4 Å². The fourth-order valence-electron chi connectivity index (χ4n) is 1.32. The second-order valence-corrected chi connectivity index (χ2v) is 3.30. The molecule has 0 spiro atoms. The minimum absolute atomic E-state index is 0.000787. The number of aromatic hydroxyl groups is 1. The van der Waals surface area contributed by atoms with E-state index in [1.807, 2.05) is 0 Å². The number of aromatic nitrogens is 2. The topological polar surface area (TPSA) is 85.2 Å². The second-order valence-electron chi connectivity index (χ2n) is 3.30. The van der Waals surface area contributed by atoms with Gasteiger partial charge in [0.15, 0.2) is 0 Å². The summed E-state index contributed by atoms with van der Waals surface area (Å²) in [6, 6.07) is 2.71. The van der Waals surface area contributed by atoms with Crippen LogP contribution in [0.2, 0.25) is 0 Å². The molecule has 1 aromatic heterocycles. The van der Waals surface area contributed by atoms with E-state index < -0.39 is 5.82 Å². The lowest BCUT2D eigenvalue weighted by atomic mass is 10.1. The Morgan fingerprint density at radius 2 is 2.25 bits per heavy atom. The van der Waals surface area contributed by atoms with Crippen LogP contribution in [0.1, 0.15) is 11.5 Å². The minimum atomic E-state index is -0.604. The summed E-state index contributed by atoms with van der Waals surface area (Å²) in [5.74, 6) is -0.605. The molecule has 0 aliphatic heterocycles. The third kappa shape index (κ3) is 1.63. The van der Waals surface area contributed by atoms with E-state index in [1.165, 1.54) is 12.1 Å². The maximum absolute atomic E-state index is 13.5.